The fourth-order valence-corrected chi connectivity index (χ4v) is 2.07. The minimum Gasteiger partial charge on any atom is -0.497 e. The van der Waals surface area contributed by atoms with Crippen LogP contribution in [0.2, 0.25) is 0 Å². The lowest BCUT2D eigenvalue weighted by atomic mass is 10.00. The Kier molecular flexibility index (Phi) is 1.95. The average molecular weight is 191 g/mol. The van der Waals surface area contributed by atoms with E-state index < -0.39 is 0 Å². The highest BCUT2D eigenvalue weighted by atomic mass is 16.5. The van der Waals surface area contributed by atoms with Gasteiger partial charge in [0.15, 0.2) is 0 Å². The SMILES string of the molecule is COc1ccc2c(c1)CC(C)(C)N2C. The van der Waals surface area contributed by atoms with E-state index >= 15 is 0 Å². The maximum absolute atomic E-state index is 5.22. The Labute approximate surface area is 85.5 Å². The molecule has 1 aliphatic rings. The number of hydrogen-bond acceptors (Lipinski definition) is 2. The second kappa shape index (κ2) is 2.91. The highest BCUT2D eigenvalue weighted by molar-refractivity contribution is 5.62. The molecule has 1 aromatic rings. The minimum absolute atomic E-state index is 0.231. The standard InChI is InChI=1S/C12H17NO/c1-12(2)8-9-7-10(14-4)5-6-11(9)13(12)3/h5-7H,8H2,1-4H3. The zero-order valence-electron chi connectivity index (χ0n) is 9.29. The van der Waals surface area contributed by atoms with Gasteiger partial charge in [-0.25, -0.2) is 0 Å². The van der Waals surface area contributed by atoms with Crippen molar-refractivity contribution in [3.63, 3.8) is 0 Å². The first-order chi connectivity index (χ1) is 6.54. The molecule has 0 N–H and O–H groups in total. The van der Waals surface area contributed by atoms with Gasteiger partial charge in [0.05, 0.1) is 7.11 Å². The van der Waals surface area contributed by atoms with Crippen molar-refractivity contribution < 1.29 is 4.74 Å². The van der Waals surface area contributed by atoms with E-state index in [0.29, 0.717) is 0 Å². The molecule has 76 valence electrons. The molecule has 0 atom stereocenters. The molecule has 0 fully saturated rings. The van der Waals surface area contributed by atoms with Crippen LogP contribution in [0.1, 0.15) is 19.4 Å². The quantitative estimate of drug-likeness (QED) is 0.676. The number of methoxy groups -OCH3 is 1. The molecule has 0 bridgehead atoms. The molecule has 2 heteroatoms. The molecule has 0 radical (unpaired) electrons. The maximum Gasteiger partial charge on any atom is 0.119 e. The van der Waals surface area contributed by atoms with Gasteiger partial charge in [0.1, 0.15) is 5.75 Å². The molecule has 0 amide bonds. The van der Waals surface area contributed by atoms with Crippen molar-refractivity contribution in [1.29, 1.82) is 0 Å². The van der Waals surface area contributed by atoms with Crippen LogP contribution >= 0.6 is 0 Å². The molecule has 2 nitrogen and oxygen atoms in total. The molecule has 0 unspecified atom stereocenters. The summed E-state index contributed by atoms with van der Waals surface area (Å²) in [7, 11) is 3.86. The van der Waals surface area contributed by atoms with Gasteiger partial charge in [-0.1, -0.05) is 0 Å². The minimum atomic E-state index is 0.231. The molecule has 2 rings (SSSR count). The number of anilines is 1. The van der Waals surface area contributed by atoms with Gasteiger partial charge in [0, 0.05) is 18.3 Å². The highest BCUT2D eigenvalue weighted by Crippen LogP contribution is 2.38. The van der Waals surface area contributed by atoms with Crippen LogP contribution in [0.25, 0.3) is 0 Å². The summed E-state index contributed by atoms with van der Waals surface area (Å²) in [6.45, 7) is 4.53. The lowest BCUT2D eigenvalue weighted by Crippen LogP contribution is -2.37. The second-order valence-electron chi connectivity index (χ2n) is 4.54. The summed E-state index contributed by atoms with van der Waals surface area (Å²) in [5.74, 6) is 0.954. The first kappa shape index (κ1) is 9.38. The number of likely N-dealkylation sites (N-methyl/N-ethyl adjacent to an activating group) is 1. The monoisotopic (exact) mass is 191 g/mol. The van der Waals surface area contributed by atoms with E-state index in [-0.39, 0.29) is 5.54 Å². The predicted octanol–water partition coefficient (Wildman–Crippen LogP) is 2.47. The van der Waals surface area contributed by atoms with Gasteiger partial charge in [0.25, 0.3) is 0 Å². The maximum atomic E-state index is 5.22. The van der Waals surface area contributed by atoms with Crippen LogP contribution in [0.4, 0.5) is 5.69 Å². The smallest absolute Gasteiger partial charge is 0.119 e. The summed E-state index contributed by atoms with van der Waals surface area (Å²) in [6, 6.07) is 6.31. The zero-order chi connectivity index (χ0) is 10.3. The third kappa shape index (κ3) is 1.26. The van der Waals surface area contributed by atoms with Gasteiger partial charge in [-0.3, -0.25) is 0 Å². The summed E-state index contributed by atoms with van der Waals surface area (Å²) < 4.78 is 5.22. The van der Waals surface area contributed by atoms with Crippen molar-refractivity contribution >= 4 is 5.69 Å². The van der Waals surface area contributed by atoms with E-state index in [1.807, 2.05) is 6.07 Å². The van der Waals surface area contributed by atoms with Crippen LogP contribution < -0.4 is 9.64 Å². The summed E-state index contributed by atoms with van der Waals surface area (Å²) in [6.07, 6.45) is 1.09. The van der Waals surface area contributed by atoms with Crippen molar-refractivity contribution in [1.82, 2.24) is 0 Å². The largest absolute Gasteiger partial charge is 0.497 e. The number of rotatable bonds is 1. The van der Waals surface area contributed by atoms with E-state index in [1.54, 1.807) is 7.11 Å². The van der Waals surface area contributed by atoms with Gasteiger partial charge in [-0.05, 0) is 44.0 Å². The first-order valence-corrected chi connectivity index (χ1v) is 4.95. The van der Waals surface area contributed by atoms with Crippen LogP contribution in [-0.4, -0.2) is 19.7 Å². The van der Waals surface area contributed by atoms with Gasteiger partial charge in [0.2, 0.25) is 0 Å². The first-order valence-electron chi connectivity index (χ1n) is 4.95. The third-order valence-electron chi connectivity index (χ3n) is 3.18. The Morgan fingerprint density at radius 3 is 2.71 bits per heavy atom. The number of hydrogen-bond donors (Lipinski definition) is 0. The van der Waals surface area contributed by atoms with Gasteiger partial charge >= 0.3 is 0 Å². The van der Waals surface area contributed by atoms with E-state index in [2.05, 4.69) is 37.9 Å². The Morgan fingerprint density at radius 1 is 1.36 bits per heavy atom. The molecule has 1 aromatic carbocycles. The Balaban J connectivity index is 2.44. The van der Waals surface area contributed by atoms with Gasteiger partial charge in [-0.2, -0.15) is 0 Å². The molecule has 0 spiro atoms. The van der Waals surface area contributed by atoms with E-state index in [4.69, 9.17) is 4.74 Å². The fourth-order valence-electron chi connectivity index (χ4n) is 2.07. The van der Waals surface area contributed by atoms with Crippen molar-refractivity contribution in [3.05, 3.63) is 23.8 Å². The molecule has 0 aromatic heterocycles. The molecular weight excluding hydrogens is 174 g/mol. The Morgan fingerprint density at radius 2 is 2.07 bits per heavy atom. The average Bonchev–Trinajstić information content (AvgIpc) is 2.37. The van der Waals surface area contributed by atoms with Gasteiger partial charge < -0.3 is 9.64 Å². The third-order valence-corrected chi connectivity index (χ3v) is 3.18. The summed E-state index contributed by atoms with van der Waals surface area (Å²) in [5.41, 5.74) is 2.95. The van der Waals surface area contributed by atoms with E-state index in [1.165, 1.54) is 11.3 Å². The normalized spacial score (nSPS) is 18.1. The molecule has 0 saturated carbocycles. The van der Waals surface area contributed by atoms with E-state index in [0.717, 1.165) is 12.2 Å². The van der Waals surface area contributed by atoms with Crippen LogP contribution in [0.5, 0.6) is 5.75 Å². The topological polar surface area (TPSA) is 12.5 Å². The van der Waals surface area contributed by atoms with Crippen molar-refractivity contribution in [2.45, 2.75) is 25.8 Å². The Hall–Kier alpha value is -1.18. The molecule has 1 heterocycles. The number of nitrogens with zero attached hydrogens (tertiary/aromatic N) is 1. The van der Waals surface area contributed by atoms with E-state index in [9.17, 15) is 0 Å². The van der Waals surface area contributed by atoms with Crippen LogP contribution in [0, 0.1) is 0 Å². The number of fused-ring (bicyclic) bond motifs is 1. The summed E-state index contributed by atoms with van der Waals surface area (Å²) in [4.78, 5) is 2.34. The molecule has 14 heavy (non-hydrogen) atoms. The molecule has 0 aliphatic carbocycles. The number of benzene rings is 1. The van der Waals surface area contributed by atoms with Crippen molar-refractivity contribution in [3.8, 4) is 5.75 Å². The highest BCUT2D eigenvalue weighted by Gasteiger charge is 2.33. The molecule has 1 aliphatic heterocycles. The van der Waals surface area contributed by atoms with Crippen LogP contribution in [0.3, 0.4) is 0 Å². The lowest BCUT2D eigenvalue weighted by molar-refractivity contribution is 0.414. The predicted molar refractivity (Wildman–Crippen MR) is 59.2 cm³/mol. The Bertz CT molecular complexity index is 357. The van der Waals surface area contributed by atoms with Crippen LogP contribution in [-0.2, 0) is 6.42 Å². The van der Waals surface area contributed by atoms with Crippen LogP contribution in [0.15, 0.2) is 18.2 Å². The summed E-state index contributed by atoms with van der Waals surface area (Å²) >= 11 is 0. The molecular formula is C12H17NO. The summed E-state index contributed by atoms with van der Waals surface area (Å²) in [5, 5.41) is 0. The second-order valence-corrected chi connectivity index (χ2v) is 4.54. The van der Waals surface area contributed by atoms with Gasteiger partial charge in [-0.15, -0.1) is 0 Å². The van der Waals surface area contributed by atoms with Crippen molar-refractivity contribution in [2.75, 3.05) is 19.1 Å². The lowest BCUT2D eigenvalue weighted by Gasteiger charge is -2.29. The van der Waals surface area contributed by atoms with Crippen molar-refractivity contribution in [2.24, 2.45) is 0 Å². The fraction of sp³-hybridized carbons (Fsp3) is 0.500. The molecule has 0 saturated heterocycles. The number of ether oxygens (including phenoxy) is 1. The zero-order valence-corrected chi connectivity index (χ0v) is 9.29.